The van der Waals surface area contributed by atoms with Crippen molar-refractivity contribution in [3.05, 3.63) is 51.2 Å². The van der Waals surface area contributed by atoms with E-state index in [1.54, 1.807) is 29.5 Å². The summed E-state index contributed by atoms with van der Waals surface area (Å²) < 4.78 is 27.0. The summed E-state index contributed by atoms with van der Waals surface area (Å²) in [5.41, 5.74) is 1.96. The summed E-state index contributed by atoms with van der Waals surface area (Å²) in [7, 11) is -3.59. The standard InChI is InChI=1S/C18H24N2O3S2/c1-4-15-6-7-16(24-15)12-19-18(21)9-10-20-25(22,23)17-8-5-13(2)14(3)11-17/h5-8,11,20H,4,9-10,12H2,1-3H3,(H,19,21). The molecule has 0 fully saturated rings. The summed E-state index contributed by atoms with van der Waals surface area (Å²) >= 11 is 1.68. The van der Waals surface area contributed by atoms with Crippen molar-refractivity contribution in [1.82, 2.24) is 10.0 Å². The van der Waals surface area contributed by atoms with Gasteiger partial charge in [-0.3, -0.25) is 4.79 Å². The number of nitrogens with one attached hydrogen (secondary N) is 2. The van der Waals surface area contributed by atoms with Crippen LogP contribution < -0.4 is 10.0 Å². The number of carbonyl (C=O) groups is 1. The molecule has 7 heteroatoms. The highest BCUT2D eigenvalue weighted by Crippen LogP contribution is 2.16. The van der Waals surface area contributed by atoms with Gasteiger partial charge in [-0.25, -0.2) is 13.1 Å². The first kappa shape index (κ1) is 19.6. The maximum absolute atomic E-state index is 12.3. The van der Waals surface area contributed by atoms with Gasteiger partial charge < -0.3 is 5.32 Å². The number of hydrogen-bond acceptors (Lipinski definition) is 4. The molecule has 0 atom stereocenters. The first-order chi connectivity index (χ1) is 11.8. The first-order valence-electron chi connectivity index (χ1n) is 8.23. The molecule has 2 rings (SSSR count). The van der Waals surface area contributed by atoms with Crippen LogP contribution in [0.15, 0.2) is 35.2 Å². The molecule has 0 aliphatic carbocycles. The van der Waals surface area contributed by atoms with Crippen molar-refractivity contribution in [2.24, 2.45) is 0 Å². The molecule has 5 nitrogen and oxygen atoms in total. The number of aryl methyl sites for hydroxylation is 3. The lowest BCUT2D eigenvalue weighted by molar-refractivity contribution is -0.121. The van der Waals surface area contributed by atoms with Crippen molar-refractivity contribution in [1.29, 1.82) is 0 Å². The molecular weight excluding hydrogens is 356 g/mol. The van der Waals surface area contributed by atoms with Crippen LogP contribution in [0.2, 0.25) is 0 Å². The van der Waals surface area contributed by atoms with Gasteiger partial charge in [0.05, 0.1) is 11.4 Å². The second-order valence-electron chi connectivity index (χ2n) is 5.89. The highest BCUT2D eigenvalue weighted by molar-refractivity contribution is 7.89. The molecule has 0 saturated carbocycles. The van der Waals surface area contributed by atoms with E-state index in [4.69, 9.17) is 0 Å². The number of benzene rings is 1. The van der Waals surface area contributed by atoms with Crippen LogP contribution in [-0.2, 0) is 27.8 Å². The number of rotatable bonds is 8. The molecule has 1 aromatic heterocycles. The van der Waals surface area contributed by atoms with E-state index in [1.165, 1.54) is 4.88 Å². The van der Waals surface area contributed by atoms with Crippen molar-refractivity contribution in [2.75, 3.05) is 6.54 Å². The van der Waals surface area contributed by atoms with E-state index in [0.29, 0.717) is 6.54 Å². The highest BCUT2D eigenvalue weighted by atomic mass is 32.2. The van der Waals surface area contributed by atoms with Gasteiger partial charge in [0.25, 0.3) is 0 Å². The molecule has 0 aliphatic heterocycles. The zero-order valence-corrected chi connectivity index (χ0v) is 16.4. The maximum atomic E-state index is 12.3. The van der Waals surface area contributed by atoms with E-state index >= 15 is 0 Å². The number of sulfonamides is 1. The summed E-state index contributed by atoms with van der Waals surface area (Å²) in [5.74, 6) is -0.172. The van der Waals surface area contributed by atoms with Crippen LogP contribution >= 0.6 is 11.3 Å². The van der Waals surface area contributed by atoms with Crippen molar-refractivity contribution >= 4 is 27.3 Å². The minimum absolute atomic E-state index is 0.0751. The van der Waals surface area contributed by atoms with Crippen molar-refractivity contribution in [2.45, 2.75) is 45.1 Å². The number of thiophene rings is 1. The lowest BCUT2D eigenvalue weighted by Crippen LogP contribution is -2.30. The molecular formula is C18H24N2O3S2. The topological polar surface area (TPSA) is 75.3 Å². The van der Waals surface area contributed by atoms with Crippen molar-refractivity contribution < 1.29 is 13.2 Å². The molecule has 1 amide bonds. The molecule has 0 radical (unpaired) electrons. The molecule has 2 N–H and O–H groups in total. The Morgan fingerprint density at radius 3 is 2.44 bits per heavy atom. The van der Waals surface area contributed by atoms with Crippen LogP contribution in [0, 0.1) is 13.8 Å². The van der Waals surface area contributed by atoms with Crippen molar-refractivity contribution in [3.8, 4) is 0 Å². The maximum Gasteiger partial charge on any atom is 0.240 e. The fraction of sp³-hybridized carbons (Fsp3) is 0.389. The van der Waals surface area contributed by atoms with Gasteiger partial charge in [-0.15, -0.1) is 11.3 Å². The predicted octanol–water partition coefficient (Wildman–Crippen LogP) is 2.91. The van der Waals surface area contributed by atoms with E-state index in [0.717, 1.165) is 22.4 Å². The summed E-state index contributed by atoms with van der Waals surface area (Å²) in [6.45, 7) is 6.45. The van der Waals surface area contributed by atoms with E-state index in [1.807, 2.05) is 19.9 Å². The van der Waals surface area contributed by atoms with E-state index in [-0.39, 0.29) is 23.8 Å². The summed E-state index contributed by atoms with van der Waals surface area (Å²) in [6.07, 6.45) is 1.09. The molecule has 136 valence electrons. The van der Waals surface area contributed by atoms with Gasteiger partial charge >= 0.3 is 0 Å². The third kappa shape index (κ3) is 5.66. The van der Waals surface area contributed by atoms with Crippen LogP contribution in [0.1, 0.15) is 34.2 Å². The van der Waals surface area contributed by atoms with Crippen LogP contribution in [-0.4, -0.2) is 20.9 Å². The molecule has 1 heterocycles. The molecule has 2 aromatic rings. The SMILES string of the molecule is CCc1ccc(CNC(=O)CCNS(=O)(=O)c2ccc(C)c(C)c2)s1. The molecule has 1 aromatic carbocycles. The summed E-state index contributed by atoms with van der Waals surface area (Å²) in [5, 5.41) is 2.82. The molecule has 0 saturated heterocycles. The molecule has 0 bridgehead atoms. The Hall–Kier alpha value is -1.70. The highest BCUT2D eigenvalue weighted by Gasteiger charge is 2.14. The van der Waals surface area contributed by atoms with Gasteiger partial charge in [-0.1, -0.05) is 13.0 Å². The van der Waals surface area contributed by atoms with Gasteiger partial charge in [0.15, 0.2) is 0 Å². The van der Waals surface area contributed by atoms with Crippen LogP contribution in [0.25, 0.3) is 0 Å². The third-order valence-corrected chi connectivity index (χ3v) is 6.65. The van der Waals surface area contributed by atoms with Crippen LogP contribution in [0.3, 0.4) is 0 Å². The molecule has 0 spiro atoms. The van der Waals surface area contributed by atoms with E-state index < -0.39 is 10.0 Å². The first-order valence-corrected chi connectivity index (χ1v) is 10.5. The number of hydrogen-bond donors (Lipinski definition) is 2. The second kappa shape index (κ2) is 8.60. The minimum atomic E-state index is -3.59. The normalized spacial score (nSPS) is 11.5. The van der Waals surface area contributed by atoms with Gasteiger partial charge in [-0.2, -0.15) is 0 Å². The molecule has 0 aliphatic rings. The predicted molar refractivity (Wildman–Crippen MR) is 101 cm³/mol. The Morgan fingerprint density at radius 1 is 1.08 bits per heavy atom. The Bertz CT molecular complexity index is 842. The third-order valence-electron chi connectivity index (χ3n) is 3.96. The number of amides is 1. The van der Waals surface area contributed by atoms with Gasteiger partial charge in [-0.05, 0) is 55.7 Å². The van der Waals surface area contributed by atoms with E-state index in [2.05, 4.69) is 23.0 Å². The Balaban J connectivity index is 1.80. The fourth-order valence-electron chi connectivity index (χ4n) is 2.24. The monoisotopic (exact) mass is 380 g/mol. The van der Waals surface area contributed by atoms with Crippen molar-refractivity contribution in [3.63, 3.8) is 0 Å². The lowest BCUT2D eigenvalue weighted by Gasteiger charge is -2.09. The van der Waals surface area contributed by atoms with Crippen LogP contribution in [0.5, 0.6) is 0 Å². The summed E-state index contributed by atoms with van der Waals surface area (Å²) in [4.78, 5) is 14.5. The second-order valence-corrected chi connectivity index (χ2v) is 8.91. The zero-order valence-electron chi connectivity index (χ0n) is 14.8. The smallest absolute Gasteiger partial charge is 0.240 e. The minimum Gasteiger partial charge on any atom is -0.351 e. The average Bonchev–Trinajstić information content (AvgIpc) is 3.03. The molecule has 0 unspecified atom stereocenters. The molecule has 25 heavy (non-hydrogen) atoms. The summed E-state index contributed by atoms with van der Waals surface area (Å²) in [6, 6.07) is 9.06. The van der Waals surface area contributed by atoms with Gasteiger partial charge in [0, 0.05) is 22.7 Å². The lowest BCUT2D eigenvalue weighted by atomic mass is 10.1. The quantitative estimate of drug-likeness (QED) is 0.739. The van der Waals surface area contributed by atoms with Crippen LogP contribution in [0.4, 0.5) is 0 Å². The van der Waals surface area contributed by atoms with Gasteiger partial charge in [0.1, 0.15) is 0 Å². The Morgan fingerprint density at radius 2 is 1.80 bits per heavy atom. The Labute approximate surface area is 153 Å². The average molecular weight is 381 g/mol. The van der Waals surface area contributed by atoms with E-state index in [9.17, 15) is 13.2 Å². The Kier molecular flexibility index (Phi) is 6.75. The number of carbonyl (C=O) groups excluding carboxylic acids is 1. The fourth-order valence-corrected chi connectivity index (χ4v) is 4.26. The largest absolute Gasteiger partial charge is 0.351 e. The van der Waals surface area contributed by atoms with Gasteiger partial charge in [0.2, 0.25) is 15.9 Å². The zero-order chi connectivity index (χ0) is 18.4.